The van der Waals surface area contributed by atoms with Crippen molar-refractivity contribution in [3.05, 3.63) is 65.0 Å². The summed E-state index contributed by atoms with van der Waals surface area (Å²) >= 11 is 0. The van der Waals surface area contributed by atoms with Crippen molar-refractivity contribution < 1.29 is 27.4 Å². The van der Waals surface area contributed by atoms with Crippen LogP contribution in [0.5, 0.6) is 0 Å². The number of hydrogen-bond acceptors (Lipinski definition) is 4. The van der Waals surface area contributed by atoms with Gasteiger partial charge in [-0.25, -0.2) is 12.8 Å². The Kier molecular flexibility index (Phi) is 5.92. The number of hydrogen-bond donors (Lipinski definition) is 1. The first-order valence-corrected chi connectivity index (χ1v) is 12.9. The normalized spacial score (nSPS) is 26.1. The maximum Gasteiger partial charge on any atom is 0.314 e. The number of aliphatic carboxylic acids is 1. The van der Waals surface area contributed by atoms with E-state index < -0.39 is 32.6 Å². The monoisotopic (exact) mass is 460 g/mol. The Morgan fingerprint density at radius 3 is 2.28 bits per heavy atom. The van der Waals surface area contributed by atoms with Crippen molar-refractivity contribution >= 4 is 15.8 Å². The third-order valence-corrected chi connectivity index (χ3v) is 8.27. The lowest BCUT2D eigenvalue weighted by Gasteiger charge is -2.45. The standard InChI is InChI=1S/C25H29FO5S/c1-17-21(14-20(15-22(17)26)32(2,29)30)25(31-16-18-8-9-18)12-10-24(11-13-25,23(27)28)19-6-4-3-5-7-19/h3-7,14-15,18H,8-13,16H2,1-2H3,(H,27,28). The van der Waals surface area contributed by atoms with Crippen molar-refractivity contribution in [2.75, 3.05) is 12.9 Å². The Morgan fingerprint density at radius 2 is 1.75 bits per heavy atom. The van der Waals surface area contributed by atoms with E-state index in [4.69, 9.17) is 4.74 Å². The summed E-state index contributed by atoms with van der Waals surface area (Å²) in [6.45, 7) is 2.14. The van der Waals surface area contributed by atoms with Gasteiger partial charge in [0.15, 0.2) is 9.84 Å². The molecule has 0 aliphatic heterocycles. The van der Waals surface area contributed by atoms with Gasteiger partial charge in [0, 0.05) is 6.26 Å². The zero-order chi connectivity index (χ0) is 23.1. The number of carboxylic acids is 1. The van der Waals surface area contributed by atoms with E-state index in [1.807, 2.05) is 30.3 Å². The fourth-order valence-electron chi connectivity index (χ4n) is 4.86. The fraction of sp³-hybridized carbons (Fsp3) is 0.480. The summed E-state index contributed by atoms with van der Waals surface area (Å²) in [5, 5.41) is 10.2. The van der Waals surface area contributed by atoms with E-state index in [1.165, 1.54) is 6.07 Å². The molecule has 7 heteroatoms. The summed E-state index contributed by atoms with van der Waals surface area (Å²) in [5.74, 6) is -1.02. The molecule has 2 aliphatic carbocycles. The van der Waals surface area contributed by atoms with Crippen molar-refractivity contribution in [2.24, 2.45) is 5.92 Å². The largest absolute Gasteiger partial charge is 0.481 e. The van der Waals surface area contributed by atoms with Crippen LogP contribution in [0.25, 0.3) is 0 Å². The van der Waals surface area contributed by atoms with E-state index in [9.17, 15) is 22.7 Å². The summed E-state index contributed by atoms with van der Waals surface area (Å²) in [6, 6.07) is 11.8. The molecule has 0 spiro atoms. The Morgan fingerprint density at radius 1 is 1.12 bits per heavy atom. The van der Waals surface area contributed by atoms with Gasteiger partial charge in [-0.15, -0.1) is 0 Å². The van der Waals surface area contributed by atoms with Crippen LogP contribution in [-0.4, -0.2) is 32.4 Å². The van der Waals surface area contributed by atoms with Gasteiger partial charge in [-0.3, -0.25) is 4.79 Å². The number of carboxylic acid groups (broad SMARTS) is 1. The topological polar surface area (TPSA) is 80.7 Å². The molecule has 2 aromatic rings. The van der Waals surface area contributed by atoms with Gasteiger partial charge < -0.3 is 9.84 Å². The molecule has 32 heavy (non-hydrogen) atoms. The van der Waals surface area contributed by atoms with Gasteiger partial charge in [0.1, 0.15) is 5.82 Å². The van der Waals surface area contributed by atoms with E-state index in [-0.39, 0.29) is 4.90 Å². The first-order chi connectivity index (χ1) is 15.1. The van der Waals surface area contributed by atoms with Crippen molar-refractivity contribution in [3.63, 3.8) is 0 Å². The minimum absolute atomic E-state index is 0.0804. The zero-order valence-corrected chi connectivity index (χ0v) is 19.3. The molecule has 172 valence electrons. The number of ether oxygens (including phenoxy) is 1. The average molecular weight is 461 g/mol. The van der Waals surface area contributed by atoms with Crippen LogP contribution < -0.4 is 0 Å². The Bertz CT molecular complexity index is 1110. The van der Waals surface area contributed by atoms with Gasteiger partial charge >= 0.3 is 5.97 Å². The van der Waals surface area contributed by atoms with E-state index in [1.54, 1.807) is 6.92 Å². The van der Waals surface area contributed by atoms with E-state index in [0.29, 0.717) is 49.3 Å². The van der Waals surface area contributed by atoms with Crippen LogP contribution in [0.3, 0.4) is 0 Å². The van der Waals surface area contributed by atoms with Crippen molar-refractivity contribution in [1.82, 2.24) is 0 Å². The third-order valence-electron chi connectivity index (χ3n) is 7.18. The van der Waals surface area contributed by atoms with Crippen LogP contribution in [0.15, 0.2) is 47.4 Å². The second-order valence-corrected chi connectivity index (χ2v) is 11.4. The molecular weight excluding hydrogens is 431 g/mol. The molecule has 0 atom stereocenters. The van der Waals surface area contributed by atoms with Crippen LogP contribution in [0.1, 0.15) is 55.2 Å². The minimum atomic E-state index is -3.62. The molecule has 2 aromatic carbocycles. The van der Waals surface area contributed by atoms with Crippen molar-refractivity contribution in [2.45, 2.75) is 61.4 Å². The molecule has 1 N–H and O–H groups in total. The molecule has 2 fully saturated rings. The Balaban J connectivity index is 1.77. The predicted octanol–water partition coefficient (Wildman–Crippen LogP) is 4.76. The average Bonchev–Trinajstić information content (AvgIpc) is 3.59. The van der Waals surface area contributed by atoms with Gasteiger partial charge in [-0.05, 0) is 80.2 Å². The summed E-state index contributed by atoms with van der Waals surface area (Å²) in [6.07, 6.45) is 4.60. The first-order valence-electron chi connectivity index (χ1n) is 11.0. The van der Waals surface area contributed by atoms with E-state index in [0.717, 1.165) is 30.7 Å². The summed E-state index contributed by atoms with van der Waals surface area (Å²) in [4.78, 5) is 12.3. The highest BCUT2D eigenvalue weighted by Crippen LogP contribution is 2.51. The maximum atomic E-state index is 14.8. The summed E-state index contributed by atoms with van der Waals surface area (Å²) in [7, 11) is -3.62. The zero-order valence-electron chi connectivity index (χ0n) is 18.4. The van der Waals surface area contributed by atoms with Gasteiger partial charge in [-0.1, -0.05) is 30.3 Å². The van der Waals surface area contributed by atoms with Crippen molar-refractivity contribution in [3.8, 4) is 0 Å². The highest BCUT2D eigenvalue weighted by Gasteiger charge is 2.50. The lowest BCUT2D eigenvalue weighted by molar-refractivity contribution is -0.151. The number of carbonyl (C=O) groups is 1. The van der Waals surface area contributed by atoms with Crippen LogP contribution >= 0.6 is 0 Å². The van der Waals surface area contributed by atoms with E-state index >= 15 is 0 Å². The molecule has 2 aliphatic rings. The molecule has 0 saturated heterocycles. The number of sulfone groups is 1. The fourth-order valence-corrected chi connectivity index (χ4v) is 5.51. The van der Waals surface area contributed by atoms with Crippen molar-refractivity contribution in [1.29, 1.82) is 0 Å². The lowest BCUT2D eigenvalue weighted by atomic mass is 9.63. The molecule has 0 aromatic heterocycles. The molecule has 0 unspecified atom stereocenters. The van der Waals surface area contributed by atoms with Crippen LogP contribution in [-0.2, 0) is 30.4 Å². The molecule has 4 rings (SSSR count). The van der Waals surface area contributed by atoms with Crippen LogP contribution in [0.2, 0.25) is 0 Å². The first kappa shape index (κ1) is 22.9. The SMILES string of the molecule is Cc1c(F)cc(S(C)(=O)=O)cc1C1(OCC2CC2)CCC(C(=O)O)(c2ccccc2)CC1. The van der Waals surface area contributed by atoms with Gasteiger partial charge in [0.2, 0.25) is 0 Å². The molecule has 0 heterocycles. The molecule has 0 radical (unpaired) electrons. The van der Waals surface area contributed by atoms with Gasteiger partial charge in [0.25, 0.3) is 0 Å². The maximum absolute atomic E-state index is 14.8. The van der Waals surface area contributed by atoms with Gasteiger partial charge in [0.05, 0.1) is 22.5 Å². The predicted molar refractivity (Wildman–Crippen MR) is 119 cm³/mol. The van der Waals surface area contributed by atoms with Crippen LogP contribution in [0, 0.1) is 18.7 Å². The molecule has 2 saturated carbocycles. The van der Waals surface area contributed by atoms with Crippen LogP contribution in [0.4, 0.5) is 4.39 Å². The Hall–Kier alpha value is -2.25. The quantitative estimate of drug-likeness (QED) is 0.645. The number of benzene rings is 2. The molecular formula is C25H29FO5S. The summed E-state index contributed by atoms with van der Waals surface area (Å²) < 4.78 is 45.7. The molecule has 0 bridgehead atoms. The van der Waals surface area contributed by atoms with Gasteiger partial charge in [-0.2, -0.15) is 0 Å². The third kappa shape index (κ3) is 4.20. The minimum Gasteiger partial charge on any atom is -0.481 e. The van der Waals surface area contributed by atoms with E-state index in [2.05, 4.69) is 0 Å². The second-order valence-electron chi connectivity index (χ2n) is 9.35. The lowest BCUT2D eigenvalue weighted by Crippen LogP contribution is -2.46. The summed E-state index contributed by atoms with van der Waals surface area (Å²) in [5.41, 5.74) is -0.339. The number of rotatable bonds is 7. The number of halogens is 1. The molecule has 0 amide bonds. The highest BCUT2D eigenvalue weighted by atomic mass is 32.2. The smallest absolute Gasteiger partial charge is 0.314 e. The second kappa shape index (κ2) is 8.27. The molecule has 5 nitrogen and oxygen atoms in total. The highest BCUT2D eigenvalue weighted by molar-refractivity contribution is 7.90. The Labute approximate surface area is 188 Å².